The van der Waals surface area contributed by atoms with Crippen LogP contribution in [0.1, 0.15) is 11.1 Å². The summed E-state index contributed by atoms with van der Waals surface area (Å²) in [7, 11) is 0. The van der Waals surface area contributed by atoms with E-state index in [1.54, 1.807) is 0 Å². The molecule has 2 aromatic heterocycles. The highest BCUT2D eigenvalue weighted by atomic mass is 14.7. The first-order valence-corrected chi connectivity index (χ1v) is 7.07. The van der Waals surface area contributed by atoms with Crippen LogP contribution >= 0.6 is 0 Å². The topological polar surface area (TPSA) is 25.8 Å². The molecule has 0 aliphatic rings. The average Bonchev–Trinajstić information content (AvgIpc) is 2.55. The summed E-state index contributed by atoms with van der Waals surface area (Å²) >= 11 is 0. The Bertz CT molecular complexity index is 860. The van der Waals surface area contributed by atoms with Crippen molar-refractivity contribution in [2.24, 2.45) is 0 Å². The van der Waals surface area contributed by atoms with Gasteiger partial charge in [0, 0.05) is 23.2 Å². The van der Waals surface area contributed by atoms with Crippen LogP contribution in [-0.4, -0.2) is 9.97 Å². The SMILES string of the molecule is c1ccc2c(Cc3ccncc3)c3ccccc3nc2c1. The first kappa shape index (κ1) is 12.0. The fraction of sp³-hybridized carbons (Fsp3) is 0.0526. The van der Waals surface area contributed by atoms with E-state index in [0.29, 0.717) is 0 Å². The summed E-state index contributed by atoms with van der Waals surface area (Å²) in [6.07, 6.45) is 4.59. The molecule has 0 atom stereocenters. The maximum Gasteiger partial charge on any atom is 0.0712 e. The van der Waals surface area contributed by atoms with Crippen molar-refractivity contribution >= 4 is 21.8 Å². The van der Waals surface area contributed by atoms with Crippen molar-refractivity contribution in [2.45, 2.75) is 6.42 Å². The highest BCUT2D eigenvalue weighted by Gasteiger charge is 2.09. The zero-order chi connectivity index (χ0) is 14.1. The van der Waals surface area contributed by atoms with Gasteiger partial charge in [0.25, 0.3) is 0 Å². The van der Waals surface area contributed by atoms with Crippen LogP contribution in [0.25, 0.3) is 21.8 Å². The number of aromatic nitrogens is 2. The summed E-state index contributed by atoms with van der Waals surface area (Å²) in [5.74, 6) is 0. The van der Waals surface area contributed by atoms with Gasteiger partial charge >= 0.3 is 0 Å². The Morgan fingerprint density at radius 2 is 1.24 bits per heavy atom. The second-order valence-corrected chi connectivity index (χ2v) is 5.16. The number of nitrogens with zero attached hydrogens (tertiary/aromatic N) is 2. The van der Waals surface area contributed by atoms with E-state index in [1.807, 2.05) is 24.5 Å². The highest BCUT2D eigenvalue weighted by Crippen LogP contribution is 2.27. The van der Waals surface area contributed by atoms with E-state index in [9.17, 15) is 0 Å². The number of fused-ring (bicyclic) bond motifs is 2. The number of para-hydroxylation sites is 2. The Morgan fingerprint density at radius 3 is 1.86 bits per heavy atom. The molecule has 0 fully saturated rings. The first-order valence-electron chi connectivity index (χ1n) is 7.07. The first-order chi connectivity index (χ1) is 10.4. The standard InChI is InChI=1S/C19H14N2/c1-3-7-18-15(5-1)17(13-14-9-11-20-12-10-14)16-6-2-4-8-19(16)21-18/h1-12H,13H2. The van der Waals surface area contributed by atoms with E-state index in [4.69, 9.17) is 4.98 Å². The van der Waals surface area contributed by atoms with Gasteiger partial charge in [-0.15, -0.1) is 0 Å². The lowest BCUT2D eigenvalue weighted by Crippen LogP contribution is -1.94. The van der Waals surface area contributed by atoms with Crippen LogP contribution in [0.15, 0.2) is 73.1 Å². The molecular weight excluding hydrogens is 256 g/mol. The molecule has 2 nitrogen and oxygen atoms in total. The second-order valence-electron chi connectivity index (χ2n) is 5.16. The van der Waals surface area contributed by atoms with Gasteiger partial charge < -0.3 is 0 Å². The molecule has 0 aliphatic heterocycles. The smallest absolute Gasteiger partial charge is 0.0712 e. The molecule has 0 amide bonds. The van der Waals surface area contributed by atoms with Crippen molar-refractivity contribution in [3.05, 3.63) is 84.2 Å². The van der Waals surface area contributed by atoms with Gasteiger partial charge in [-0.1, -0.05) is 36.4 Å². The van der Waals surface area contributed by atoms with Gasteiger partial charge in [0.2, 0.25) is 0 Å². The lowest BCUT2D eigenvalue weighted by Gasteiger charge is -2.10. The molecule has 0 saturated heterocycles. The summed E-state index contributed by atoms with van der Waals surface area (Å²) in [5, 5.41) is 2.46. The molecule has 0 aliphatic carbocycles. The number of hydrogen-bond donors (Lipinski definition) is 0. The van der Waals surface area contributed by atoms with E-state index in [1.165, 1.54) is 21.9 Å². The zero-order valence-corrected chi connectivity index (χ0v) is 11.5. The number of benzene rings is 2. The van der Waals surface area contributed by atoms with E-state index in [0.717, 1.165) is 17.5 Å². The molecule has 2 heterocycles. The van der Waals surface area contributed by atoms with E-state index < -0.39 is 0 Å². The predicted molar refractivity (Wildman–Crippen MR) is 86.3 cm³/mol. The van der Waals surface area contributed by atoms with Gasteiger partial charge in [-0.3, -0.25) is 4.98 Å². The van der Waals surface area contributed by atoms with Crippen LogP contribution in [-0.2, 0) is 6.42 Å². The molecule has 100 valence electrons. The summed E-state index contributed by atoms with van der Waals surface area (Å²) in [6.45, 7) is 0. The largest absolute Gasteiger partial charge is 0.265 e. The fourth-order valence-corrected chi connectivity index (χ4v) is 2.82. The lowest BCUT2D eigenvalue weighted by molar-refractivity contribution is 1.18. The Balaban J connectivity index is 2.02. The van der Waals surface area contributed by atoms with Crippen LogP contribution in [0.5, 0.6) is 0 Å². The number of hydrogen-bond acceptors (Lipinski definition) is 2. The van der Waals surface area contributed by atoms with Crippen LogP contribution < -0.4 is 0 Å². The normalized spacial score (nSPS) is 11.0. The lowest BCUT2D eigenvalue weighted by atomic mass is 9.97. The molecule has 0 bridgehead atoms. The minimum absolute atomic E-state index is 0.895. The van der Waals surface area contributed by atoms with Gasteiger partial charge in [-0.2, -0.15) is 0 Å². The van der Waals surface area contributed by atoms with Crippen molar-refractivity contribution in [2.75, 3.05) is 0 Å². The minimum Gasteiger partial charge on any atom is -0.265 e. The summed E-state index contributed by atoms with van der Waals surface area (Å²) in [6, 6.07) is 20.9. The van der Waals surface area contributed by atoms with Crippen LogP contribution in [0.3, 0.4) is 0 Å². The van der Waals surface area contributed by atoms with E-state index in [2.05, 4.69) is 53.5 Å². The number of pyridine rings is 2. The van der Waals surface area contributed by atoms with Crippen molar-refractivity contribution < 1.29 is 0 Å². The second kappa shape index (κ2) is 4.98. The molecule has 21 heavy (non-hydrogen) atoms. The summed E-state index contributed by atoms with van der Waals surface area (Å²) in [4.78, 5) is 8.87. The quantitative estimate of drug-likeness (QED) is 0.505. The maximum atomic E-state index is 4.77. The monoisotopic (exact) mass is 270 g/mol. The highest BCUT2D eigenvalue weighted by molar-refractivity contribution is 5.97. The van der Waals surface area contributed by atoms with E-state index >= 15 is 0 Å². The summed E-state index contributed by atoms with van der Waals surface area (Å²) < 4.78 is 0. The molecule has 0 radical (unpaired) electrons. The van der Waals surface area contributed by atoms with Gasteiger partial charge in [-0.05, 0) is 41.8 Å². The third-order valence-electron chi connectivity index (χ3n) is 3.83. The Labute approximate surface area is 123 Å². The molecule has 2 heteroatoms. The number of rotatable bonds is 2. The third kappa shape index (κ3) is 2.15. The van der Waals surface area contributed by atoms with E-state index in [-0.39, 0.29) is 0 Å². The molecule has 2 aromatic carbocycles. The molecule has 0 saturated carbocycles. The predicted octanol–water partition coefficient (Wildman–Crippen LogP) is 4.37. The van der Waals surface area contributed by atoms with Crippen molar-refractivity contribution in [1.29, 1.82) is 0 Å². The van der Waals surface area contributed by atoms with Crippen molar-refractivity contribution in [3.63, 3.8) is 0 Å². The van der Waals surface area contributed by atoms with Crippen molar-refractivity contribution in [1.82, 2.24) is 9.97 Å². The minimum atomic E-state index is 0.895. The Hall–Kier alpha value is -2.74. The third-order valence-corrected chi connectivity index (χ3v) is 3.83. The molecule has 0 N–H and O–H groups in total. The van der Waals surface area contributed by atoms with Gasteiger partial charge in [-0.25, -0.2) is 4.98 Å². The van der Waals surface area contributed by atoms with Crippen LogP contribution in [0.4, 0.5) is 0 Å². The average molecular weight is 270 g/mol. The molecule has 4 aromatic rings. The van der Waals surface area contributed by atoms with Gasteiger partial charge in [0.15, 0.2) is 0 Å². The fourth-order valence-electron chi connectivity index (χ4n) is 2.82. The Kier molecular flexibility index (Phi) is 2.86. The van der Waals surface area contributed by atoms with Crippen LogP contribution in [0.2, 0.25) is 0 Å². The molecule has 4 rings (SSSR count). The van der Waals surface area contributed by atoms with Crippen molar-refractivity contribution in [3.8, 4) is 0 Å². The summed E-state index contributed by atoms with van der Waals surface area (Å²) in [5.41, 5.74) is 4.72. The van der Waals surface area contributed by atoms with Gasteiger partial charge in [0.05, 0.1) is 11.0 Å². The van der Waals surface area contributed by atoms with Gasteiger partial charge in [0.1, 0.15) is 0 Å². The maximum absolute atomic E-state index is 4.77. The molecular formula is C19H14N2. The Morgan fingerprint density at radius 1 is 0.667 bits per heavy atom. The zero-order valence-electron chi connectivity index (χ0n) is 11.5. The molecule has 0 spiro atoms. The van der Waals surface area contributed by atoms with Crippen LogP contribution in [0, 0.1) is 0 Å². The molecule has 0 unspecified atom stereocenters.